The fourth-order valence-electron chi connectivity index (χ4n) is 2.61. The molecule has 0 unspecified atom stereocenters. The molecule has 1 aromatic heterocycles. The van der Waals surface area contributed by atoms with Crippen LogP contribution in [0.3, 0.4) is 0 Å². The smallest absolute Gasteiger partial charge is 0.251 e. The summed E-state index contributed by atoms with van der Waals surface area (Å²) >= 11 is 0. The molecule has 6 heteroatoms. The number of carbonyl (C=O) groups is 1. The molecule has 3 rings (SSSR count). The summed E-state index contributed by atoms with van der Waals surface area (Å²) < 4.78 is 5.17. The summed E-state index contributed by atoms with van der Waals surface area (Å²) in [4.78, 5) is 16.2. The van der Waals surface area contributed by atoms with Gasteiger partial charge < -0.3 is 15.6 Å². The zero-order valence-electron chi connectivity index (χ0n) is 11.7. The van der Waals surface area contributed by atoms with Crippen LogP contribution in [0.25, 0.3) is 0 Å². The van der Waals surface area contributed by atoms with Crippen LogP contribution in [0.1, 0.15) is 47.8 Å². The van der Waals surface area contributed by atoms with Crippen molar-refractivity contribution in [2.45, 2.75) is 37.8 Å². The van der Waals surface area contributed by atoms with E-state index in [1.807, 2.05) is 18.2 Å². The van der Waals surface area contributed by atoms with Crippen LogP contribution in [0.15, 0.2) is 34.9 Å². The third-order valence-corrected chi connectivity index (χ3v) is 3.85. The Morgan fingerprint density at radius 1 is 1.29 bits per heavy atom. The number of amides is 1. The van der Waals surface area contributed by atoms with Gasteiger partial charge in [-0.3, -0.25) is 4.79 Å². The highest BCUT2D eigenvalue weighted by molar-refractivity contribution is 5.93. The zero-order valence-corrected chi connectivity index (χ0v) is 11.7. The Hall–Kier alpha value is -2.21. The first-order valence-corrected chi connectivity index (χ1v) is 7.13. The predicted octanol–water partition coefficient (Wildman–Crippen LogP) is 1.73. The van der Waals surface area contributed by atoms with Gasteiger partial charge >= 0.3 is 0 Å². The van der Waals surface area contributed by atoms with Gasteiger partial charge in [0.05, 0.1) is 12.1 Å². The van der Waals surface area contributed by atoms with E-state index >= 15 is 0 Å². The summed E-state index contributed by atoms with van der Waals surface area (Å²) in [6.07, 6.45) is 3.93. The Labute approximate surface area is 122 Å². The third kappa shape index (κ3) is 2.95. The quantitative estimate of drug-likeness (QED) is 0.892. The van der Waals surface area contributed by atoms with Gasteiger partial charge in [-0.05, 0) is 25.0 Å². The van der Waals surface area contributed by atoms with Crippen molar-refractivity contribution in [1.82, 2.24) is 15.5 Å². The molecule has 1 fully saturated rings. The molecular weight excluding hydrogens is 268 g/mol. The molecule has 21 heavy (non-hydrogen) atoms. The van der Waals surface area contributed by atoms with Gasteiger partial charge in [0.2, 0.25) is 5.89 Å². The Morgan fingerprint density at radius 2 is 2.00 bits per heavy atom. The van der Waals surface area contributed by atoms with Crippen molar-refractivity contribution in [2.24, 2.45) is 5.73 Å². The lowest BCUT2D eigenvalue weighted by Gasteiger charge is -2.17. The fourth-order valence-corrected chi connectivity index (χ4v) is 2.61. The van der Waals surface area contributed by atoms with Crippen LogP contribution < -0.4 is 11.1 Å². The van der Waals surface area contributed by atoms with E-state index in [4.69, 9.17) is 10.3 Å². The first-order chi connectivity index (χ1) is 10.2. The van der Waals surface area contributed by atoms with E-state index in [0.717, 1.165) is 25.7 Å². The van der Waals surface area contributed by atoms with E-state index < -0.39 is 5.54 Å². The second kappa shape index (κ2) is 5.65. The fraction of sp³-hybridized carbons (Fsp3) is 0.400. The molecule has 1 aliphatic rings. The molecule has 0 spiro atoms. The lowest BCUT2D eigenvalue weighted by molar-refractivity contribution is 0.0946. The summed E-state index contributed by atoms with van der Waals surface area (Å²) in [6.45, 7) is 0.205. The molecule has 0 atom stereocenters. The highest BCUT2D eigenvalue weighted by atomic mass is 16.5. The Bertz CT molecular complexity index is 618. The minimum Gasteiger partial charge on any atom is -0.343 e. The molecule has 2 aromatic rings. The van der Waals surface area contributed by atoms with E-state index in [-0.39, 0.29) is 12.5 Å². The van der Waals surface area contributed by atoms with Gasteiger partial charge in [0.25, 0.3) is 5.91 Å². The van der Waals surface area contributed by atoms with E-state index in [1.54, 1.807) is 12.1 Å². The maximum atomic E-state index is 11.9. The zero-order chi connectivity index (χ0) is 14.7. The van der Waals surface area contributed by atoms with Crippen molar-refractivity contribution in [1.29, 1.82) is 0 Å². The maximum absolute atomic E-state index is 11.9. The number of carbonyl (C=O) groups excluding carboxylic acids is 1. The molecular formula is C15H18N4O2. The largest absolute Gasteiger partial charge is 0.343 e. The van der Waals surface area contributed by atoms with Gasteiger partial charge in [0.15, 0.2) is 5.82 Å². The normalized spacial score (nSPS) is 16.8. The topological polar surface area (TPSA) is 94.0 Å². The molecule has 1 heterocycles. The summed E-state index contributed by atoms with van der Waals surface area (Å²) in [5.41, 5.74) is 6.40. The van der Waals surface area contributed by atoms with E-state index in [9.17, 15) is 4.79 Å². The van der Waals surface area contributed by atoms with Gasteiger partial charge in [0.1, 0.15) is 0 Å². The van der Waals surface area contributed by atoms with Crippen LogP contribution in [0.2, 0.25) is 0 Å². The van der Waals surface area contributed by atoms with Gasteiger partial charge in [-0.1, -0.05) is 36.2 Å². The van der Waals surface area contributed by atoms with Crippen LogP contribution in [0.5, 0.6) is 0 Å². The molecule has 0 saturated heterocycles. The van der Waals surface area contributed by atoms with Crippen LogP contribution in [0.4, 0.5) is 0 Å². The monoisotopic (exact) mass is 286 g/mol. The average molecular weight is 286 g/mol. The predicted molar refractivity (Wildman–Crippen MR) is 76.2 cm³/mol. The van der Waals surface area contributed by atoms with Crippen LogP contribution in [-0.2, 0) is 12.1 Å². The van der Waals surface area contributed by atoms with Crippen molar-refractivity contribution in [3.8, 4) is 0 Å². The van der Waals surface area contributed by atoms with E-state index in [1.165, 1.54) is 0 Å². The van der Waals surface area contributed by atoms with E-state index in [0.29, 0.717) is 17.3 Å². The van der Waals surface area contributed by atoms with Crippen molar-refractivity contribution < 1.29 is 9.32 Å². The molecule has 0 radical (unpaired) electrons. The number of nitrogens with one attached hydrogen (secondary N) is 1. The van der Waals surface area contributed by atoms with Crippen molar-refractivity contribution in [3.05, 3.63) is 47.6 Å². The van der Waals surface area contributed by atoms with Gasteiger partial charge in [-0.2, -0.15) is 4.98 Å². The molecule has 0 bridgehead atoms. The first-order valence-electron chi connectivity index (χ1n) is 7.13. The number of nitrogens with zero attached hydrogens (tertiary/aromatic N) is 2. The summed E-state index contributed by atoms with van der Waals surface area (Å²) in [7, 11) is 0. The lowest BCUT2D eigenvalue weighted by atomic mass is 9.99. The molecule has 110 valence electrons. The number of aromatic nitrogens is 2. The Kier molecular flexibility index (Phi) is 3.70. The standard InChI is InChI=1S/C15H18N4O2/c16-15(8-4-5-9-15)14-18-12(21-19-14)10-17-13(20)11-6-2-1-3-7-11/h1-3,6-7H,4-5,8-10,16H2,(H,17,20). The van der Waals surface area contributed by atoms with Gasteiger partial charge in [-0.15, -0.1) is 0 Å². The summed E-state index contributed by atoms with van der Waals surface area (Å²) in [5, 5.41) is 6.71. The SMILES string of the molecule is NC1(c2noc(CNC(=O)c3ccccc3)n2)CCCC1. The first kappa shape index (κ1) is 13.8. The molecule has 1 aliphatic carbocycles. The second-order valence-electron chi connectivity index (χ2n) is 5.42. The number of rotatable bonds is 4. The second-order valence-corrected chi connectivity index (χ2v) is 5.42. The van der Waals surface area contributed by atoms with Gasteiger partial charge in [-0.25, -0.2) is 0 Å². The molecule has 3 N–H and O–H groups in total. The number of hydrogen-bond acceptors (Lipinski definition) is 5. The van der Waals surface area contributed by atoms with Crippen molar-refractivity contribution in [2.75, 3.05) is 0 Å². The van der Waals surface area contributed by atoms with Crippen LogP contribution in [-0.4, -0.2) is 16.0 Å². The summed E-state index contributed by atoms with van der Waals surface area (Å²) in [6, 6.07) is 9.00. The minimum atomic E-state index is -0.467. The molecule has 6 nitrogen and oxygen atoms in total. The molecule has 0 aliphatic heterocycles. The third-order valence-electron chi connectivity index (χ3n) is 3.85. The van der Waals surface area contributed by atoms with Gasteiger partial charge in [0, 0.05) is 5.56 Å². The Balaban J connectivity index is 1.62. The van der Waals surface area contributed by atoms with Crippen LogP contribution in [0, 0.1) is 0 Å². The highest BCUT2D eigenvalue weighted by Gasteiger charge is 2.35. The van der Waals surface area contributed by atoms with Crippen molar-refractivity contribution >= 4 is 5.91 Å². The Morgan fingerprint density at radius 3 is 2.71 bits per heavy atom. The molecule has 1 amide bonds. The molecule has 1 saturated carbocycles. The average Bonchev–Trinajstić information content (AvgIpc) is 3.15. The minimum absolute atomic E-state index is 0.168. The van der Waals surface area contributed by atoms with Crippen LogP contribution >= 0.6 is 0 Å². The number of nitrogens with two attached hydrogens (primary N) is 1. The lowest BCUT2D eigenvalue weighted by Crippen LogP contribution is -2.34. The maximum Gasteiger partial charge on any atom is 0.251 e. The summed E-state index contributed by atoms with van der Waals surface area (Å²) in [5.74, 6) is 0.758. The van der Waals surface area contributed by atoms with Crippen molar-refractivity contribution in [3.63, 3.8) is 0 Å². The number of hydrogen-bond donors (Lipinski definition) is 2. The molecule has 1 aromatic carbocycles. The highest BCUT2D eigenvalue weighted by Crippen LogP contribution is 2.34. The number of benzene rings is 1. The van der Waals surface area contributed by atoms with E-state index in [2.05, 4.69) is 15.5 Å².